The summed E-state index contributed by atoms with van der Waals surface area (Å²) in [4.78, 5) is 3.09. The van der Waals surface area contributed by atoms with Crippen LogP contribution in [0.25, 0.3) is 10.6 Å². The van der Waals surface area contributed by atoms with Crippen LogP contribution in [0.15, 0.2) is 23.6 Å². The average Bonchev–Trinajstić information content (AvgIpc) is 2.82. The number of rotatable bonds is 4. The Labute approximate surface area is 111 Å². The Bertz CT molecular complexity index is 553. The molecule has 0 N–H and O–H groups in total. The number of nitriles is 1. The molecular formula is C13H14N4S. The van der Waals surface area contributed by atoms with Crippen LogP contribution in [0.5, 0.6) is 0 Å². The van der Waals surface area contributed by atoms with E-state index < -0.39 is 0 Å². The van der Waals surface area contributed by atoms with Crippen molar-refractivity contribution in [2.45, 2.75) is 13.3 Å². The highest BCUT2D eigenvalue weighted by molar-refractivity contribution is 7.13. The highest BCUT2D eigenvalue weighted by Gasteiger charge is 2.07. The number of aromatic nitrogens is 2. The molecular weight excluding hydrogens is 244 g/mol. The van der Waals surface area contributed by atoms with Gasteiger partial charge in [0.15, 0.2) is 5.82 Å². The van der Waals surface area contributed by atoms with Gasteiger partial charge in [-0.25, -0.2) is 0 Å². The van der Waals surface area contributed by atoms with E-state index in [4.69, 9.17) is 5.26 Å². The molecule has 0 spiro atoms. The number of nitrogens with zero attached hydrogens (tertiary/aromatic N) is 4. The Morgan fingerprint density at radius 1 is 1.33 bits per heavy atom. The van der Waals surface area contributed by atoms with E-state index in [1.165, 1.54) is 5.56 Å². The summed E-state index contributed by atoms with van der Waals surface area (Å²) in [7, 11) is 1.91. The number of anilines is 1. The van der Waals surface area contributed by atoms with Crippen LogP contribution in [0.3, 0.4) is 0 Å². The van der Waals surface area contributed by atoms with Crippen molar-refractivity contribution < 1.29 is 0 Å². The molecule has 0 radical (unpaired) electrons. The highest BCUT2D eigenvalue weighted by Crippen LogP contribution is 2.27. The third kappa shape index (κ3) is 2.66. The summed E-state index contributed by atoms with van der Waals surface area (Å²) in [6.45, 7) is 2.74. The third-order valence-electron chi connectivity index (χ3n) is 2.70. The summed E-state index contributed by atoms with van der Waals surface area (Å²) in [5, 5.41) is 19.1. The monoisotopic (exact) mass is 258 g/mol. The largest absolute Gasteiger partial charge is 0.357 e. The minimum Gasteiger partial charge on any atom is -0.357 e. The number of thiophene rings is 1. The van der Waals surface area contributed by atoms with Crippen molar-refractivity contribution in [1.82, 2.24) is 10.2 Å². The first-order chi connectivity index (χ1) is 8.72. The number of aryl methyl sites for hydroxylation is 1. The third-order valence-corrected chi connectivity index (χ3v) is 3.73. The van der Waals surface area contributed by atoms with Crippen LogP contribution in [0, 0.1) is 18.3 Å². The highest BCUT2D eigenvalue weighted by atomic mass is 32.1. The molecule has 0 amide bonds. The van der Waals surface area contributed by atoms with E-state index >= 15 is 0 Å². The maximum absolute atomic E-state index is 8.55. The second-order valence-corrected chi connectivity index (χ2v) is 4.96. The van der Waals surface area contributed by atoms with Crippen LogP contribution in [0.2, 0.25) is 0 Å². The lowest BCUT2D eigenvalue weighted by atomic mass is 10.2. The van der Waals surface area contributed by atoms with Gasteiger partial charge in [0.2, 0.25) is 0 Å². The maximum Gasteiger partial charge on any atom is 0.151 e. The fourth-order valence-corrected chi connectivity index (χ4v) is 2.51. The molecule has 2 rings (SSSR count). The molecule has 5 heteroatoms. The topological polar surface area (TPSA) is 52.8 Å². The van der Waals surface area contributed by atoms with E-state index in [-0.39, 0.29) is 0 Å². The molecule has 2 heterocycles. The van der Waals surface area contributed by atoms with E-state index in [1.807, 2.05) is 24.1 Å². The van der Waals surface area contributed by atoms with Gasteiger partial charge < -0.3 is 4.90 Å². The van der Waals surface area contributed by atoms with E-state index in [0.29, 0.717) is 13.0 Å². The van der Waals surface area contributed by atoms with Crippen LogP contribution in [-0.2, 0) is 0 Å². The fraction of sp³-hybridized carbons (Fsp3) is 0.308. The van der Waals surface area contributed by atoms with Crippen LogP contribution in [-0.4, -0.2) is 23.8 Å². The standard InChI is InChI=1S/C13H14N4S/c1-10-6-9-18-13(10)11-4-5-12(16-15-11)17(2)8-3-7-14/h4-6,9H,3,8H2,1-2H3. The Morgan fingerprint density at radius 2 is 2.17 bits per heavy atom. The van der Waals surface area contributed by atoms with Crippen molar-refractivity contribution in [3.05, 3.63) is 29.1 Å². The molecule has 18 heavy (non-hydrogen) atoms. The van der Waals surface area contributed by atoms with Crippen molar-refractivity contribution in [2.24, 2.45) is 0 Å². The van der Waals surface area contributed by atoms with Gasteiger partial charge >= 0.3 is 0 Å². The zero-order chi connectivity index (χ0) is 13.0. The van der Waals surface area contributed by atoms with Gasteiger partial charge in [0.25, 0.3) is 0 Å². The molecule has 0 bridgehead atoms. The summed E-state index contributed by atoms with van der Waals surface area (Å²) < 4.78 is 0. The van der Waals surface area contributed by atoms with E-state index in [2.05, 4.69) is 34.6 Å². The Morgan fingerprint density at radius 3 is 2.72 bits per heavy atom. The molecule has 0 aliphatic rings. The van der Waals surface area contributed by atoms with Crippen LogP contribution in [0.4, 0.5) is 5.82 Å². The molecule has 0 saturated carbocycles. The summed E-state index contributed by atoms with van der Waals surface area (Å²) in [6.07, 6.45) is 0.490. The molecule has 4 nitrogen and oxygen atoms in total. The lowest BCUT2D eigenvalue weighted by Crippen LogP contribution is -2.19. The molecule has 0 aliphatic carbocycles. The van der Waals surface area contributed by atoms with Gasteiger partial charge in [-0.15, -0.1) is 21.5 Å². The van der Waals surface area contributed by atoms with Crippen molar-refractivity contribution in [3.8, 4) is 16.6 Å². The molecule has 0 aliphatic heterocycles. The zero-order valence-electron chi connectivity index (χ0n) is 10.4. The van der Waals surface area contributed by atoms with E-state index in [9.17, 15) is 0 Å². The summed E-state index contributed by atoms with van der Waals surface area (Å²) in [6, 6.07) is 8.12. The minimum absolute atomic E-state index is 0.490. The average molecular weight is 258 g/mol. The Balaban J connectivity index is 2.16. The molecule has 2 aromatic rings. The molecule has 0 unspecified atom stereocenters. The second-order valence-electron chi connectivity index (χ2n) is 4.04. The zero-order valence-corrected chi connectivity index (χ0v) is 11.2. The van der Waals surface area contributed by atoms with Crippen molar-refractivity contribution >= 4 is 17.2 Å². The lowest BCUT2D eigenvalue weighted by molar-refractivity contribution is 0.861. The summed E-state index contributed by atoms with van der Waals surface area (Å²) in [5.41, 5.74) is 2.12. The van der Waals surface area contributed by atoms with E-state index in [0.717, 1.165) is 16.4 Å². The van der Waals surface area contributed by atoms with Crippen molar-refractivity contribution in [3.63, 3.8) is 0 Å². The maximum atomic E-state index is 8.55. The lowest BCUT2D eigenvalue weighted by Gasteiger charge is -2.15. The van der Waals surface area contributed by atoms with Crippen molar-refractivity contribution in [1.29, 1.82) is 5.26 Å². The van der Waals surface area contributed by atoms with Gasteiger partial charge in [-0.05, 0) is 36.1 Å². The van der Waals surface area contributed by atoms with Crippen LogP contribution < -0.4 is 4.90 Å². The van der Waals surface area contributed by atoms with Crippen LogP contribution in [0.1, 0.15) is 12.0 Å². The predicted molar refractivity (Wildman–Crippen MR) is 73.6 cm³/mol. The van der Waals surface area contributed by atoms with Crippen molar-refractivity contribution in [2.75, 3.05) is 18.5 Å². The van der Waals surface area contributed by atoms with Gasteiger partial charge in [0.05, 0.1) is 17.4 Å². The van der Waals surface area contributed by atoms with Gasteiger partial charge in [-0.1, -0.05) is 0 Å². The van der Waals surface area contributed by atoms with Crippen LogP contribution >= 0.6 is 11.3 Å². The first kappa shape index (κ1) is 12.5. The number of hydrogen-bond acceptors (Lipinski definition) is 5. The summed E-state index contributed by atoms with van der Waals surface area (Å²) in [5.74, 6) is 0.795. The predicted octanol–water partition coefficient (Wildman–Crippen LogP) is 2.86. The smallest absolute Gasteiger partial charge is 0.151 e. The van der Waals surface area contributed by atoms with Gasteiger partial charge in [-0.3, -0.25) is 0 Å². The molecule has 0 aromatic carbocycles. The van der Waals surface area contributed by atoms with Gasteiger partial charge in [0, 0.05) is 13.6 Å². The molecule has 0 saturated heterocycles. The molecule has 0 atom stereocenters. The second kappa shape index (κ2) is 5.61. The first-order valence-corrected chi connectivity index (χ1v) is 6.56. The number of hydrogen-bond donors (Lipinski definition) is 0. The normalized spacial score (nSPS) is 10.1. The molecule has 0 fully saturated rings. The SMILES string of the molecule is Cc1ccsc1-c1ccc(N(C)CCC#N)nn1. The Hall–Kier alpha value is -1.93. The fourth-order valence-electron chi connectivity index (χ4n) is 1.62. The van der Waals surface area contributed by atoms with Gasteiger partial charge in [-0.2, -0.15) is 5.26 Å². The molecule has 92 valence electrons. The quantitative estimate of drug-likeness (QED) is 0.846. The minimum atomic E-state index is 0.490. The summed E-state index contributed by atoms with van der Waals surface area (Å²) >= 11 is 1.67. The molecule has 2 aromatic heterocycles. The first-order valence-electron chi connectivity index (χ1n) is 5.68. The van der Waals surface area contributed by atoms with Gasteiger partial charge in [0.1, 0.15) is 5.69 Å². The Kier molecular flexibility index (Phi) is 3.90. The van der Waals surface area contributed by atoms with E-state index in [1.54, 1.807) is 11.3 Å².